The lowest BCUT2D eigenvalue weighted by Crippen LogP contribution is -2.51. The van der Waals surface area contributed by atoms with Crippen LogP contribution in [0.25, 0.3) is 0 Å². The van der Waals surface area contributed by atoms with E-state index in [4.69, 9.17) is 4.74 Å². The number of para-hydroxylation sites is 1. The van der Waals surface area contributed by atoms with E-state index in [1.807, 2.05) is 32.0 Å². The Morgan fingerprint density at radius 2 is 1.82 bits per heavy atom. The quantitative estimate of drug-likeness (QED) is 0.692. The number of esters is 1. The lowest BCUT2D eigenvalue weighted by atomic mass is 10.1. The van der Waals surface area contributed by atoms with Crippen LogP contribution in [0.15, 0.2) is 18.2 Å². The first-order chi connectivity index (χ1) is 8.02. The normalized spacial score (nSPS) is 20.4. The molecule has 1 aromatic rings. The average Bonchev–Trinajstić information content (AvgIpc) is 2.28. The van der Waals surface area contributed by atoms with E-state index in [9.17, 15) is 9.59 Å². The molecule has 0 aromatic heterocycles. The first-order valence-electron chi connectivity index (χ1n) is 5.57. The molecule has 1 saturated heterocycles. The Bertz CT molecular complexity index is 461. The lowest BCUT2D eigenvalue weighted by Gasteiger charge is -2.33. The van der Waals surface area contributed by atoms with E-state index in [1.54, 1.807) is 6.92 Å². The lowest BCUT2D eigenvalue weighted by molar-refractivity contribution is -0.154. The Balaban J connectivity index is 2.50. The summed E-state index contributed by atoms with van der Waals surface area (Å²) in [6.07, 6.45) is 0. The number of carbonyl (C=O) groups excluding carboxylic acids is 2. The van der Waals surface area contributed by atoms with Gasteiger partial charge in [-0.1, -0.05) is 18.2 Å². The summed E-state index contributed by atoms with van der Waals surface area (Å²) >= 11 is 0. The molecule has 1 aliphatic heterocycles. The SMILES string of the molecule is Cc1cccc(C)c1N1C(=O)COC(=O)C1C. The number of hydrogen-bond acceptors (Lipinski definition) is 3. The van der Waals surface area contributed by atoms with Crippen molar-refractivity contribution >= 4 is 17.6 Å². The fourth-order valence-electron chi connectivity index (χ4n) is 2.15. The fraction of sp³-hybridized carbons (Fsp3) is 0.385. The highest BCUT2D eigenvalue weighted by atomic mass is 16.5. The summed E-state index contributed by atoms with van der Waals surface area (Å²) in [7, 11) is 0. The number of cyclic esters (lactones) is 1. The van der Waals surface area contributed by atoms with Crippen LogP contribution in [0.5, 0.6) is 0 Å². The van der Waals surface area contributed by atoms with Gasteiger partial charge < -0.3 is 4.74 Å². The van der Waals surface area contributed by atoms with Gasteiger partial charge in [0.05, 0.1) is 5.69 Å². The smallest absolute Gasteiger partial charge is 0.329 e. The van der Waals surface area contributed by atoms with Gasteiger partial charge in [0.25, 0.3) is 5.91 Å². The fourth-order valence-corrected chi connectivity index (χ4v) is 2.15. The molecule has 0 aliphatic carbocycles. The largest absolute Gasteiger partial charge is 0.454 e. The minimum atomic E-state index is -0.559. The number of carbonyl (C=O) groups is 2. The van der Waals surface area contributed by atoms with Crippen molar-refractivity contribution in [2.75, 3.05) is 11.5 Å². The van der Waals surface area contributed by atoms with E-state index < -0.39 is 6.04 Å². The second-order valence-corrected chi connectivity index (χ2v) is 4.29. The molecule has 1 aliphatic rings. The van der Waals surface area contributed by atoms with E-state index in [0.717, 1.165) is 16.8 Å². The molecular formula is C13H15NO3. The Hall–Kier alpha value is -1.84. The molecule has 1 fully saturated rings. The highest BCUT2D eigenvalue weighted by Crippen LogP contribution is 2.28. The summed E-state index contributed by atoms with van der Waals surface area (Å²) in [6.45, 7) is 5.38. The third kappa shape index (κ3) is 1.90. The van der Waals surface area contributed by atoms with Crippen LogP contribution in [-0.2, 0) is 14.3 Å². The number of rotatable bonds is 1. The summed E-state index contributed by atoms with van der Waals surface area (Å²) in [5.41, 5.74) is 2.79. The zero-order valence-electron chi connectivity index (χ0n) is 10.2. The van der Waals surface area contributed by atoms with Crippen LogP contribution in [0, 0.1) is 13.8 Å². The molecule has 0 N–H and O–H groups in total. The van der Waals surface area contributed by atoms with Gasteiger partial charge in [0.1, 0.15) is 6.04 Å². The van der Waals surface area contributed by atoms with Gasteiger partial charge in [-0.2, -0.15) is 0 Å². The van der Waals surface area contributed by atoms with Crippen LogP contribution in [0.4, 0.5) is 5.69 Å². The minimum absolute atomic E-state index is 0.170. The average molecular weight is 233 g/mol. The first-order valence-corrected chi connectivity index (χ1v) is 5.57. The Kier molecular flexibility index (Phi) is 2.88. The summed E-state index contributed by atoms with van der Waals surface area (Å²) < 4.78 is 4.80. The van der Waals surface area contributed by atoms with Crippen LogP contribution < -0.4 is 4.90 Å². The van der Waals surface area contributed by atoms with Crippen LogP contribution in [0.2, 0.25) is 0 Å². The maximum absolute atomic E-state index is 11.9. The molecule has 0 saturated carbocycles. The molecule has 1 unspecified atom stereocenters. The second-order valence-electron chi connectivity index (χ2n) is 4.29. The van der Waals surface area contributed by atoms with Crippen molar-refractivity contribution in [1.29, 1.82) is 0 Å². The van der Waals surface area contributed by atoms with Gasteiger partial charge in [-0.3, -0.25) is 9.69 Å². The molecule has 0 spiro atoms. The third-order valence-corrected chi connectivity index (χ3v) is 3.02. The maximum Gasteiger partial charge on any atom is 0.329 e. The maximum atomic E-state index is 11.9. The van der Waals surface area contributed by atoms with Crippen molar-refractivity contribution in [3.63, 3.8) is 0 Å². The number of aryl methyl sites for hydroxylation is 2. The van der Waals surface area contributed by atoms with E-state index in [-0.39, 0.29) is 18.5 Å². The van der Waals surface area contributed by atoms with Gasteiger partial charge in [-0.05, 0) is 31.9 Å². The molecule has 1 heterocycles. The molecule has 0 radical (unpaired) electrons. The molecule has 17 heavy (non-hydrogen) atoms. The summed E-state index contributed by atoms with van der Waals surface area (Å²) in [4.78, 5) is 25.0. The zero-order chi connectivity index (χ0) is 12.6. The molecule has 1 amide bonds. The number of nitrogens with zero attached hydrogens (tertiary/aromatic N) is 1. The molecule has 4 heteroatoms. The van der Waals surface area contributed by atoms with Crippen LogP contribution in [0.1, 0.15) is 18.1 Å². The van der Waals surface area contributed by atoms with Crippen molar-refractivity contribution in [2.24, 2.45) is 0 Å². The number of benzene rings is 1. The predicted octanol–water partition coefficient (Wildman–Crippen LogP) is 1.58. The number of morpholine rings is 1. The monoisotopic (exact) mass is 233 g/mol. The summed E-state index contributed by atoms with van der Waals surface area (Å²) in [5, 5.41) is 0. The Morgan fingerprint density at radius 3 is 2.41 bits per heavy atom. The van der Waals surface area contributed by atoms with Crippen molar-refractivity contribution in [2.45, 2.75) is 26.8 Å². The second kappa shape index (κ2) is 4.20. The molecule has 90 valence electrons. The minimum Gasteiger partial charge on any atom is -0.454 e. The highest BCUT2D eigenvalue weighted by molar-refractivity contribution is 6.04. The van der Waals surface area contributed by atoms with Gasteiger partial charge in [-0.15, -0.1) is 0 Å². The number of ether oxygens (including phenoxy) is 1. The van der Waals surface area contributed by atoms with E-state index >= 15 is 0 Å². The number of amides is 1. The zero-order valence-corrected chi connectivity index (χ0v) is 10.2. The number of anilines is 1. The molecule has 4 nitrogen and oxygen atoms in total. The van der Waals surface area contributed by atoms with Crippen molar-refractivity contribution < 1.29 is 14.3 Å². The first kappa shape index (κ1) is 11.6. The van der Waals surface area contributed by atoms with Gasteiger partial charge in [0.2, 0.25) is 0 Å². The molecule has 1 atom stereocenters. The van der Waals surface area contributed by atoms with Gasteiger partial charge in [0, 0.05) is 0 Å². The Labute approximate surface area is 100 Å². The van der Waals surface area contributed by atoms with Crippen LogP contribution >= 0.6 is 0 Å². The standard InChI is InChI=1S/C13H15NO3/c1-8-5-4-6-9(2)12(8)14-10(3)13(16)17-7-11(14)15/h4-6,10H,7H2,1-3H3. The number of hydrogen-bond donors (Lipinski definition) is 0. The molecular weight excluding hydrogens is 218 g/mol. The van der Waals surface area contributed by atoms with Crippen molar-refractivity contribution in [3.8, 4) is 0 Å². The van der Waals surface area contributed by atoms with E-state index in [2.05, 4.69) is 0 Å². The van der Waals surface area contributed by atoms with Crippen LogP contribution in [-0.4, -0.2) is 24.5 Å². The van der Waals surface area contributed by atoms with Gasteiger partial charge in [0.15, 0.2) is 6.61 Å². The van der Waals surface area contributed by atoms with Crippen molar-refractivity contribution in [3.05, 3.63) is 29.3 Å². The molecule has 1 aromatic carbocycles. The van der Waals surface area contributed by atoms with E-state index in [0.29, 0.717) is 0 Å². The predicted molar refractivity (Wildman–Crippen MR) is 63.8 cm³/mol. The molecule has 0 bridgehead atoms. The Morgan fingerprint density at radius 1 is 1.24 bits per heavy atom. The van der Waals surface area contributed by atoms with Crippen molar-refractivity contribution in [1.82, 2.24) is 0 Å². The van der Waals surface area contributed by atoms with E-state index in [1.165, 1.54) is 4.90 Å². The third-order valence-electron chi connectivity index (χ3n) is 3.02. The topological polar surface area (TPSA) is 46.6 Å². The highest BCUT2D eigenvalue weighted by Gasteiger charge is 2.35. The summed E-state index contributed by atoms with van der Waals surface area (Å²) in [5.74, 6) is -0.526. The molecule has 2 rings (SSSR count). The van der Waals surface area contributed by atoms with Crippen LogP contribution in [0.3, 0.4) is 0 Å². The summed E-state index contributed by atoms with van der Waals surface area (Å²) in [6, 6.07) is 5.24. The van der Waals surface area contributed by atoms with Gasteiger partial charge in [-0.25, -0.2) is 4.79 Å². The van der Waals surface area contributed by atoms with Gasteiger partial charge >= 0.3 is 5.97 Å².